The van der Waals surface area contributed by atoms with Gasteiger partial charge in [0.2, 0.25) is 0 Å². The molecule has 2 N–H and O–H groups in total. The van der Waals surface area contributed by atoms with E-state index < -0.39 is 11.8 Å². The van der Waals surface area contributed by atoms with Gasteiger partial charge in [0, 0.05) is 0 Å². The van der Waals surface area contributed by atoms with E-state index in [0.29, 0.717) is 5.56 Å². The van der Waals surface area contributed by atoms with Gasteiger partial charge in [0.25, 0.3) is 0 Å². The lowest BCUT2D eigenvalue weighted by molar-refractivity contribution is -0.139. The second-order valence-electron chi connectivity index (χ2n) is 2.91. The van der Waals surface area contributed by atoms with E-state index in [1.807, 2.05) is 0 Å². The minimum Gasteiger partial charge on any atom is -0.492 e. The molecule has 1 rings (SSSR count). The van der Waals surface area contributed by atoms with Gasteiger partial charge >= 0.3 is 5.97 Å². The van der Waals surface area contributed by atoms with Gasteiger partial charge < -0.3 is 15.2 Å². The smallest absolute Gasteiger partial charge is 0.310 e. The number of nitrogen functional groups attached to an aromatic ring is 1. The molecule has 5 heteroatoms. The molecule has 82 valence electrons. The summed E-state index contributed by atoms with van der Waals surface area (Å²) in [7, 11) is 2.59. The normalized spacial score (nSPS) is 9.80. The number of esters is 1. The van der Waals surface area contributed by atoms with Crippen LogP contribution in [-0.4, -0.2) is 20.2 Å². The van der Waals surface area contributed by atoms with Crippen molar-refractivity contribution in [2.24, 2.45) is 0 Å². The quantitative estimate of drug-likeness (QED) is 0.604. The minimum atomic E-state index is -0.552. The van der Waals surface area contributed by atoms with Crippen molar-refractivity contribution >= 4 is 11.7 Å². The third-order valence-electron chi connectivity index (χ3n) is 2.00. The van der Waals surface area contributed by atoms with Gasteiger partial charge in [0.1, 0.15) is 0 Å². The molecule has 0 spiro atoms. The zero-order valence-corrected chi connectivity index (χ0v) is 8.54. The van der Waals surface area contributed by atoms with E-state index in [1.54, 1.807) is 0 Å². The van der Waals surface area contributed by atoms with Crippen LogP contribution in [0.3, 0.4) is 0 Å². The summed E-state index contributed by atoms with van der Waals surface area (Å²) >= 11 is 0. The highest BCUT2D eigenvalue weighted by Crippen LogP contribution is 2.28. The second-order valence-corrected chi connectivity index (χ2v) is 2.91. The SMILES string of the molecule is COC(=O)Cc1ccc(F)c(OC)c1N. The summed E-state index contributed by atoms with van der Waals surface area (Å²) in [4.78, 5) is 11.0. The van der Waals surface area contributed by atoms with E-state index in [-0.39, 0.29) is 17.9 Å². The van der Waals surface area contributed by atoms with Crippen LogP contribution in [0.15, 0.2) is 12.1 Å². The Kier molecular flexibility index (Phi) is 3.49. The molecule has 0 radical (unpaired) electrons. The van der Waals surface area contributed by atoms with Crippen LogP contribution >= 0.6 is 0 Å². The van der Waals surface area contributed by atoms with Crippen LogP contribution in [0.4, 0.5) is 10.1 Å². The van der Waals surface area contributed by atoms with Crippen molar-refractivity contribution in [2.45, 2.75) is 6.42 Å². The average molecular weight is 213 g/mol. The first-order valence-electron chi connectivity index (χ1n) is 4.27. The standard InChI is InChI=1S/C10H12FNO3/c1-14-8(13)5-6-3-4-7(11)10(15-2)9(6)12/h3-4H,5,12H2,1-2H3. The number of halogens is 1. The van der Waals surface area contributed by atoms with E-state index in [1.165, 1.54) is 26.4 Å². The summed E-state index contributed by atoms with van der Waals surface area (Å²) in [6.45, 7) is 0. The van der Waals surface area contributed by atoms with Crippen molar-refractivity contribution in [3.8, 4) is 5.75 Å². The van der Waals surface area contributed by atoms with Crippen molar-refractivity contribution in [3.63, 3.8) is 0 Å². The number of hydrogen-bond donors (Lipinski definition) is 1. The third kappa shape index (κ3) is 2.37. The molecule has 0 aromatic heterocycles. The molecule has 0 aliphatic rings. The van der Waals surface area contributed by atoms with Gasteiger partial charge in [0.15, 0.2) is 11.6 Å². The van der Waals surface area contributed by atoms with Gasteiger partial charge in [-0.05, 0) is 11.6 Å². The summed E-state index contributed by atoms with van der Waals surface area (Å²) in [5.74, 6) is -1.03. The van der Waals surface area contributed by atoms with Crippen LogP contribution in [0.5, 0.6) is 5.75 Å². The molecular formula is C10H12FNO3. The lowest BCUT2D eigenvalue weighted by atomic mass is 10.1. The first-order valence-corrected chi connectivity index (χ1v) is 4.27. The van der Waals surface area contributed by atoms with Gasteiger partial charge in [-0.15, -0.1) is 0 Å². The monoisotopic (exact) mass is 213 g/mol. The summed E-state index contributed by atoms with van der Waals surface area (Å²) in [5.41, 5.74) is 6.24. The van der Waals surface area contributed by atoms with E-state index in [0.717, 1.165) is 0 Å². The summed E-state index contributed by atoms with van der Waals surface area (Å²) in [6.07, 6.45) is -0.00102. The number of carbonyl (C=O) groups excluding carboxylic acids is 1. The topological polar surface area (TPSA) is 61.5 Å². The molecule has 0 amide bonds. The molecule has 15 heavy (non-hydrogen) atoms. The molecule has 4 nitrogen and oxygen atoms in total. The van der Waals surface area contributed by atoms with Crippen LogP contribution in [0.2, 0.25) is 0 Å². The molecule has 0 fully saturated rings. The fraction of sp³-hybridized carbons (Fsp3) is 0.300. The molecule has 0 saturated carbocycles. The van der Waals surface area contributed by atoms with Crippen molar-refractivity contribution in [3.05, 3.63) is 23.5 Å². The van der Waals surface area contributed by atoms with Gasteiger partial charge in [0.05, 0.1) is 26.3 Å². The molecule has 0 bridgehead atoms. The predicted molar refractivity (Wildman–Crippen MR) is 53.1 cm³/mol. The van der Waals surface area contributed by atoms with Crippen LogP contribution in [0.1, 0.15) is 5.56 Å². The number of carbonyl (C=O) groups is 1. The molecule has 0 heterocycles. The zero-order valence-electron chi connectivity index (χ0n) is 8.54. The number of benzene rings is 1. The number of anilines is 1. The molecule has 1 aromatic rings. The molecule has 1 aromatic carbocycles. The number of methoxy groups -OCH3 is 2. The molecule has 0 aliphatic heterocycles. The Morgan fingerprint density at radius 3 is 2.67 bits per heavy atom. The maximum absolute atomic E-state index is 13.1. The highest BCUT2D eigenvalue weighted by molar-refractivity contribution is 5.76. The van der Waals surface area contributed by atoms with E-state index in [2.05, 4.69) is 4.74 Å². The largest absolute Gasteiger partial charge is 0.492 e. The molecule has 0 atom stereocenters. The van der Waals surface area contributed by atoms with E-state index in [9.17, 15) is 9.18 Å². The Morgan fingerprint density at radius 1 is 1.47 bits per heavy atom. The minimum absolute atomic E-state index is 0.00102. The first-order chi connectivity index (χ1) is 7.10. The summed E-state index contributed by atoms with van der Waals surface area (Å²) in [5, 5.41) is 0. The number of rotatable bonds is 3. The maximum Gasteiger partial charge on any atom is 0.310 e. The number of hydrogen-bond acceptors (Lipinski definition) is 4. The fourth-order valence-electron chi connectivity index (χ4n) is 1.20. The van der Waals surface area contributed by atoms with Crippen LogP contribution in [0.25, 0.3) is 0 Å². The van der Waals surface area contributed by atoms with Gasteiger partial charge in [-0.3, -0.25) is 4.79 Å². The lowest BCUT2D eigenvalue weighted by Gasteiger charge is -2.09. The van der Waals surface area contributed by atoms with Crippen molar-refractivity contribution in [2.75, 3.05) is 20.0 Å². The molecule has 0 aliphatic carbocycles. The Morgan fingerprint density at radius 2 is 2.13 bits per heavy atom. The van der Waals surface area contributed by atoms with Crippen LogP contribution in [-0.2, 0) is 16.0 Å². The Bertz CT molecular complexity index is 379. The average Bonchev–Trinajstić information content (AvgIpc) is 2.23. The summed E-state index contributed by atoms with van der Waals surface area (Å²) < 4.78 is 22.4. The van der Waals surface area contributed by atoms with Crippen LogP contribution < -0.4 is 10.5 Å². The first kappa shape index (κ1) is 11.3. The van der Waals surface area contributed by atoms with E-state index in [4.69, 9.17) is 10.5 Å². The number of nitrogens with two attached hydrogens (primary N) is 1. The maximum atomic E-state index is 13.1. The van der Waals surface area contributed by atoms with Gasteiger partial charge in [-0.25, -0.2) is 4.39 Å². The molecule has 0 unspecified atom stereocenters. The van der Waals surface area contributed by atoms with Gasteiger partial charge in [-0.2, -0.15) is 0 Å². The highest BCUT2D eigenvalue weighted by Gasteiger charge is 2.13. The third-order valence-corrected chi connectivity index (χ3v) is 2.00. The zero-order chi connectivity index (χ0) is 11.4. The van der Waals surface area contributed by atoms with Crippen molar-refractivity contribution in [1.82, 2.24) is 0 Å². The fourth-order valence-corrected chi connectivity index (χ4v) is 1.20. The number of ether oxygens (including phenoxy) is 2. The highest BCUT2D eigenvalue weighted by atomic mass is 19.1. The molecule has 0 saturated heterocycles. The van der Waals surface area contributed by atoms with E-state index >= 15 is 0 Å². The van der Waals surface area contributed by atoms with Crippen molar-refractivity contribution in [1.29, 1.82) is 0 Å². The Balaban J connectivity index is 3.05. The Hall–Kier alpha value is -1.78. The second kappa shape index (κ2) is 4.63. The van der Waals surface area contributed by atoms with Gasteiger partial charge in [-0.1, -0.05) is 6.07 Å². The summed E-state index contributed by atoms with van der Waals surface area (Å²) in [6, 6.07) is 2.64. The van der Waals surface area contributed by atoms with Crippen molar-refractivity contribution < 1.29 is 18.7 Å². The Labute approximate surface area is 86.8 Å². The molecular weight excluding hydrogens is 201 g/mol. The predicted octanol–water partition coefficient (Wildman–Crippen LogP) is 1.13. The lowest BCUT2D eigenvalue weighted by Crippen LogP contribution is -2.08. The van der Waals surface area contributed by atoms with Crippen LogP contribution in [0, 0.1) is 5.82 Å².